The van der Waals surface area contributed by atoms with E-state index in [1.165, 1.54) is 12.1 Å². The molecule has 1 aliphatic carbocycles. The molecule has 6 rings (SSSR count). The third-order valence-corrected chi connectivity index (χ3v) is 9.71. The van der Waals surface area contributed by atoms with Crippen LogP contribution in [0.2, 0.25) is 0 Å². The molecule has 0 bridgehead atoms. The van der Waals surface area contributed by atoms with Gasteiger partial charge in [0.05, 0.1) is 17.3 Å². The Morgan fingerprint density at radius 1 is 0.868 bits per heavy atom. The van der Waals surface area contributed by atoms with E-state index in [1.54, 1.807) is 12.1 Å². The molecule has 0 radical (unpaired) electrons. The number of aromatic hydroxyl groups is 1. The number of amides is 2. The molecule has 2 amide bonds. The number of H-pyrrole nitrogens is 1. The number of benzene rings is 4. The summed E-state index contributed by atoms with van der Waals surface area (Å²) in [6.07, 6.45) is 3.48. The van der Waals surface area contributed by atoms with Crippen LogP contribution in [0.25, 0.3) is 22.0 Å². The van der Waals surface area contributed by atoms with E-state index in [1.807, 2.05) is 72.8 Å². The molecule has 4 aromatic carbocycles. The molecule has 1 atom stereocenters. The molecule has 1 aromatic heterocycles. The van der Waals surface area contributed by atoms with Crippen LogP contribution in [0, 0.1) is 0 Å². The van der Waals surface area contributed by atoms with Crippen molar-refractivity contribution in [2.75, 3.05) is 11.9 Å². The molecule has 0 spiro atoms. The van der Waals surface area contributed by atoms with Crippen molar-refractivity contribution in [3.63, 3.8) is 0 Å². The number of rotatable bonds is 14. The number of fused-ring (bicyclic) bond motifs is 1. The number of anilines is 1. The number of nitrogens with two attached hydrogens (primary N) is 1. The molecule has 0 aliphatic heterocycles. The minimum Gasteiger partial charge on any atom is -0.506 e. The van der Waals surface area contributed by atoms with Gasteiger partial charge in [-0.25, -0.2) is 4.79 Å². The summed E-state index contributed by atoms with van der Waals surface area (Å²) in [6.45, 7) is 1.21. The summed E-state index contributed by atoms with van der Waals surface area (Å²) in [6, 6.07) is 30.0. The number of hydrogen-bond acceptors (Lipinski definition) is 8. The molecule has 1 aliphatic rings. The number of aromatic nitrogens is 1. The smallest absolute Gasteiger partial charge is 0.411 e. The van der Waals surface area contributed by atoms with Gasteiger partial charge >= 0.3 is 6.09 Å². The van der Waals surface area contributed by atoms with Gasteiger partial charge in [-0.05, 0) is 84.5 Å². The predicted molar refractivity (Wildman–Crippen MR) is 206 cm³/mol. The molecule has 0 saturated heterocycles. The van der Waals surface area contributed by atoms with E-state index >= 15 is 0 Å². The van der Waals surface area contributed by atoms with Crippen LogP contribution < -0.4 is 27.2 Å². The lowest BCUT2D eigenvalue weighted by Crippen LogP contribution is -2.32. The molecule has 5 aromatic rings. The number of phenols is 1. The first-order chi connectivity index (χ1) is 25.7. The van der Waals surface area contributed by atoms with Crippen molar-refractivity contribution in [2.24, 2.45) is 5.73 Å². The first-order valence-corrected chi connectivity index (χ1v) is 18.2. The Labute approximate surface area is 308 Å². The fraction of sp³-hybridized carbons (Fsp3) is 0.310. The summed E-state index contributed by atoms with van der Waals surface area (Å²) in [4.78, 5) is 39.9. The highest BCUT2D eigenvalue weighted by molar-refractivity contribution is 5.92. The number of pyridine rings is 1. The summed E-state index contributed by atoms with van der Waals surface area (Å²) in [5, 5.41) is 30.7. The van der Waals surface area contributed by atoms with Gasteiger partial charge in [-0.2, -0.15) is 0 Å². The molecule has 276 valence electrons. The largest absolute Gasteiger partial charge is 0.506 e. The summed E-state index contributed by atoms with van der Waals surface area (Å²) >= 11 is 0. The summed E-state index contributed by atoms with van der Waals surface area (Å²) in [5.41, 5.74) is 12.2. The van der Waals surface area contributed by atoms with Crippen molar-refractivity contribution in [1.82, 2.24) is 15.6 Å². The number of aryl methyl sites for hydroxylation is 1. The van der Waals surface area contributed by atoms with Gasteiger partial charge in [0.1, 0.15) is 11.9 Å². The molecule has 0 unspecified atom stereocenters. The van der Waals surface area contributed by atoms with Crippen molar-refractivity contribution in [3.05, 3.63) is 130 Å². The highest BCUT2D eigenvalue weighted by atomic mass is 16.6. The van der Waals surface area contributed by atoms with Crippen LogP contribution in [0.1, 0.15) is 66.9 Å². The highest BCUT2D eigenvalue weighted by Crippen LogP contribution is 2.31. The maximum Gasteiger partial charge on any atom is 0.411 e. The SMILES string of the molecule is NC1CCC(OC(=O)Nc2cc(CCCC(=O)NCc3ccc(CNC[C@H](O)c4ccc(O)c5[nH]c(=O)ccc45)cc3)ccc2-c2ccccc2)CC1. The molecule has 1 fully saturated rings. The van der Waals surface area contributed by atoms with Crippen LogP contribution in [0.15, 0.2) is 102 Å². The van der Waals surface area contributed by atoms with Crippen molar-refractivity contribution < 1.29 is 24.5 Å². The van der Waals surface area contributed by atoms with Gasteiger partial charge in [0.2, 0.25) is 11.5 Å². The predicted octanol–water partition coefficient (Wildman–Crippen LogP) is 6.18. The summed E-state index contributed by atoms with van der Waals surface area (Å²) < 4.78 is 5.73. The summed E-state index contributed by atoms with van der Waals surface area (Å²) in [5.74, 6) is -0.0851. The Kier molecular flexibility index (Phi) is 12.5. The number of aliphatic hydroxyl groups is 1. The fourth-order valence-electron chi connectivity index (χ4n) is 6.75. The normalized spacial score (nSPS) is 16.2. The van der Waals surface area contributed by atoms with Crippen LogP contribution in [-0.4, -0.2) is 45.9 Å². The van der Waals surface area contributed by atoms with E-state index in [0.717, 1.165) is 53.5 Å². The van der Waals surface area contributed by atoms with Gasteiger partial charge < -0.3 is 36.3 Å². The van der Waals surface area contributed by atoms with E-state index in [-0.39, 0.29) is 35.9 Å². The zero-order valence-electron chi connectivity index (χ0n) is 29.6. The third-order valence-electron chi connectivity index (χ3n) is 9.71. The van der Waals surface area contributed by atoms with Gasteiger partial charge in [-0.15, -0.1) is 0 Å². The maximum absolute atomic E-state index is 12.9. The van der Waals surface area contributed by atoms with Crippen LogP contribution in [-0.2, 0) is 29.0 Å². The lowest BCUT2D eigenvalue weighted by atomic mass is 9.94. The molecule has 1 saturated carbocycles. The number of hydrogen-bond donors (Lipinski definition) is 7. The number of phenolic OH excluding ortho intramolecular Hbond substituents is 1. The maximum atomic E-state index is 12.9. The number of aromatic amines is 1. The second-order valence-electron chi connectivity index (χ2n) is 13.7. The van der Waals surface area contributed by atoms with E-state index in [0.29, 0.717) is 54.5 Å². The van der Waals surface area contributed by atoms with Crippen molar-refractivity contribution in [2.45, 2.75) is 76.3 Å². The standard InChI is InChI=1S/C42H47N5O6/c43-31-14-16-32(17-15-31)53-42(52)46-36-23-27(13-18-33(36)30-6-2-1-3-7-30)5-4-8-39(50)45-25-29-11-9-28(10-12-29)24-44-26-38(49)34-19-21-37(48)41-35(34)20-22-40(51)47-41/h1-3,6-7,9-13,18-23,31-32,38,44,48-49H,4-5,8,14-17,24-26,43H2,(H,45,50)(H,46,52)(H,47,51)/t31?,32?,38-/m0/s1. The van der Waals surface area contributed by atoms with Crippen molar-refractivity contribution in [3.8, 4) is 16.9 Å². The minimum atomic E-state index is -0.846. The second kappa shape index (κ2) is 17.8. The molecular weight excluding hydrogens is 670 g/mol. The van der Waals surface area contributed by atoms with E-state index < -0.39 is 12.2 Å². The fourth-order valence-corrected chi connectivity index (χ4v) is 6.75. The number of nitrogens with one attached hydrogen (secondary N) is 4. The Morgan fingerprint density at radius 3 is 2.34 bits per heavy atom. The number of aliphatic hydroxyl groups excluding tert-OH is 1. The first kappa shape index (κ1) is 37.3. The molecular formula is C42H47N5O6. The minimum absolute atomic E-state index is 0.0365. The topological polar surface area (TPSA) is 179 Å². The zero-order chi connectivity index (χ0) is 37.2. The average molecular weight is 718 g/mol. The van der Waals surface area contributed by atoms with E-state index in [2.05, 4.69) is 20.9 Å². The second-order valence-corrected chi connectivity index (χ2v) is 13.7. The monoisotopic (exact) mass is 717 g/mol. The van der Waals surface area contributed by atoms with E-state index in [4.69, 9.17) is 10.5 Å². The third kappa shape index (κ3) is 10.3. The lowest BCUT2D eigenvalue weighted by molar-refractivity contribution is -0.121. The Hall–Kier alpha value is -5.49. The number of ether oxygens (including phenoxy) is 1. The van der Waals surface area contributed by atoms with Gasteiger partial charge in [0, 0.05) is 49.1 Å². The number of carbonyl (C=O) groups is 2. The number of carbonyl (C=O) groups excluding carboxylic acids is 2. The molecule has 11 heteroatoms. The molecule has 1 heterocycles. The van der Waals surface area contributed by atoms with Crippen molar-refractivity contribution in [1.29, 1.82) is 0 Å². The Morgan fingerprint density at radius 2 is 1.58 bits per heavy atom. The average Bonchev–Trinajstić information content (AvgIpc) is 3.16. The van der Waals surface area contributed by atoms with Crippen LogP contribution >= 0.6 is 0 Å². The van der Waals surface area contributed by atoms with E-state index in [9.17, 15) is 24.6 Å². The first-order valence-electron chi connectivity index (χ1n) is 18.2. The lowest BCUT2D eigenvalue weighted by Gasteiger charge is -2.26. The molecule has 53 heavy (non-hydrogen) atoms. The quantitative estimate of drug-likeness (QED) is 0.0712. The molecule has 11 nitrogen and oxygen atoms in total. The summed E-state index contributed by atoms with van der Waals surface area (Å²) in [7, 11) is 0. The van der Waals surface area contributed by atoms with Crippen LogP contribution in [0.5, 0.6) is 5.75 Å². The zero-order valence-corrected chi connectivity index (χ0v) is 29.6. The van der Waals surface area contributed by atoms with Gasteiger partial charge in [0.15, 0.2) is 0 Å². The van der Waals surface area contributed by atoms with Gasteiger partial charge in [0.25, 0.3) is 0 Å². The Balaban J connectivity index is 0.948. The van der Waals surface area contributed by atoms with Crippen LogP contribution in [0.3, 0.4) is 0 Å². The van der Waals surface area contributed by atoms with Crippen molar-refractivity contribution >= 4 is 28.6 Å². The van der Waals surface area contributed by atoms with Gasteiger partial charge in [-0.3, -0.25) is 14.9 Å². The molecule has 8 N–H and O–H groups in total. The highest BCUT2D eigenvalue weighted by Gasteiger charge is 2.22. The Bertz CT molecular complexity index is 2060. The van der Waals surface area contributed by atoms with Gasteiger partial charge in [-0.1, -0.05) is 72.8 Å². The van der Waals surface area contributed by atoms with Crippen LogP contribution in [0.4, 0.5) is 10.5 Å².